The summed E-state index contributed by atoms with van der Waals surface area (Å²) in [7, 11) is 0. The molecule has 0 unspecified atom stereocenters. The van der Waals surface area contributed by atoms with E-state index in [1.807, 2.05) is 0 Å². The maximum absolute atomic E-state index is 13.0. The number of aryl methyl sites for hydroxylation is 1. The molecule has 0 aliphatic rings. The Morgan fingerprint density at radius 3 is 2.33 bits per heavy atom. The van der Waals surface area contributed by atoms with Gasteiger partial charge in [0.2, 0.25) is 0 Å². The fraction of sp³-hybridized carbons (Fsp3) is 0.222. The van der Waals surface area contributed by atoms with E-state index in [1.54, 1.807) is 6.07 Å². The second-order valence-electron chi connectivity index (χ2n) is 2.61. The van der Waals surface area contributed by atoms with Gasteiger partial charge in [-0.3, -0.25) is 0 Å². The van der Waals surface area contributed by atoms with Gasteiger partial charge in [-0.2, -0.15) is 5.26 Å². The first kappa shape index (κ1) is 8.66. The van der Waals surface area contributed by atoms with Gasteiger partial charge in [-0.25, -0.2) is 8.78 Å². The van der Waals surface area contributed by atoms with Gasteiger partial charge in [-0.15, -0.1) is 0 Å². The minimum absolute atomic E-state index is 0.0912. The summed E-state index contributed by atoms with van der Waals surface area (Å²) in [6.07, 6.45) is 0. The average Bonchev–Trinajstić information content (AvgIpc) is 2.08. The zero-order valence-corrected chi connectivity index (χ0v) is 6.78. The zero-order valence-electron chi connectivity index (χ0n) is 6.78. The Bertz CT molecular complexity index is 364. The van der Waals surface area contributed by atoms with E-state index < -0.39 is 11.6 Å². The van der Waals surface area contributed by atoms with E-state index in [1.165, 1.54) is 19.9 Å². The zero-order chi connectivity index (χ0) is 9.30. The minimum atomic E-state index is -0.763. The van der Waals surface area contributed by atoms with Gasteiger partial charge in [0, 0.05) is 5.56 Å². The topological polar surface area (TPSA) is 23.8 Å². The Kier molecular flexibility index (Phi) is 2.09. The summed E-state index contributed by atoms with van der Waals surface area (Å²) < 4.78 is 25.9. The van der Waals surface area contributed by atoms with Crippen molar-refractivity contribution in [1.29, 1.82) is 5.26 Å². The van der Waals surface area contributed by atoms with Crippen LogP contribution in [0.1, 0.15) is 16.7 Å². The Balaban J connectivity index is 3.52. The summed E-state index contributed by atoms with van der Waals surface area (Å²) in [4.78, 5) is 0. The van der Waals surface area contributed by atoms with Gasteiger partial charge in [0.1, 0.15) is 17.7 Å². The van der Waals surface area contributed by atoms with Gasteiger partial charge in [0.25, 0.3) is 0 Å². The van der Waals surface area contributed by atoms with Crippen LogP contribution in [0, 0.1) is 36.8 Å². The third-order valence-electron chi connectivity index (χ3n) is 1.72. The number of benzene rings is 1. The summed E-state index contributed by atoms with van der Waals surface area (Å²) in [5, 5.41) is 8.45. The monoisotopic (exact) mass is 167 g/mol. The second kappa shape index (κ2) is 2.90. The molecule has 0 saturated carbocycles. The van der Waals surface area contributed by atoms with Crippen molar-refractivity contribution in [2.45, 2.75) is 13.8 Å². The Labute approximate surface area is 69.2 Å². The summed E-state index contributed by atoms with van der Waals surface area (Å²) >= 11 is 0. The van der Waals surface area contributed by atoms with Crippen LogP contribution in [-0.2, 0) is 0 Å². The summed E-state index contributed by atoms with van der Waals surface area (Å²) in [5.41, 5.74) is 0.100. The maximum Gasteiger partial charge on any atom is 0.146 e. The third-order valence-corrected chi connectivity index (χ3v) is 1.72. The molecule has 0 aromatic heterocycles. The number of hydrogen-bond donors (Lipinski definition) is 0. The lowest BCUT2D eigenvalue weighted by molar-refractivity contribution is 0.560. The van der Waals surface area contributed by atoms with Crippen molar-refractivity contribution in [3.05, 3.63) is 34.4 Å². The van der Waals surface area contributed by atoms with Crippen LogP contribution >= 0.6 is 0 Å². The molecule has 0 amide bonds. The molecule has 0 fully saturated rings. The van der Waals surface area contributed by atoms with Gasteiger partial charge < -0.3 is 0 Å². The molecule has 0 radical (unpaired) electrons. The molecule has 0 aliphatic heterocycles. The average molecular weight is 167 g/mol. The Morgan fingerprint density at radius 1 is 1.25 bits per heavy atom. The Hall–Kier alpha value is -1.43. The van der Waals surface area contributed by atoms with Gasteiger partial charge in [-0.1, -0.05) is 0 Å². The fourth-order valence-corrected chi connectivity index (χ4v) is 1.02. The highest BCUT2D eigenvalue weighted by molar-refractivity contribution is 5.39. The molecular weight excluding hydrogens is 160 g/mol. The van der Waals surface area contributed by atoms with E-state index in [0.717, 1.165) is 0 Å². The van der Waals surface area contributed by atoms with E-state index >= 15 is 0 Å². The first-order valence-electron chi connectivity index (χ1n) is 3.43. The van der Waals surface area contributed by atoms with Crippen molar-refractivity contribution in [2.24, 2.45) is 0 Å². The number of nitriles is 1. The highest BCUT2D eigenvalue weighted by atomic mass is 19.1. The summed E-state index contributed by atoms with van der Waals surface area (Å²) in [5.74, 6) is -1.34. The van der Waals surface area contributed by atoms with Gasteiger partial charge in [0.05, 0.1) is 5.56 Å². The normalized spacial score (nSPS) is 9.58. The van der Waals surface area contributed by atoms with Crippen molar-refractivity contribution < 1.29 is 8.78 Å². The molecule has 0 N–H and O–H groups in total. The van der Waals surface area contributed by atoms with E-state index in [4.69, 9.17) is 5.26 Å². The standard InChI is InChI=1S/C9H7F2N/c1-5-3-7(4-12)9(11)6(2)8(5)10/h3H,1-2H3. The highest BCUT2D eigenvalue weighted by Crippen LogP contribution is 2.18. The summed E-state index contributed by atoms with van der Waals surface area (Å²) in [6, 6.07) is 2.87. The molecule has 0 aliphatic carbocycles. The molecule has 1 rings (SSSR count). The number of halogens is 2. The smallest absolute Gasteiger partial charge is 0.146 e. The molecule has 0 saturated heterocycles. The molecule has 12 heavy (non-hydrogen) atoms. The maximum atomic E-state index is 13.0. The number of rotatable bonds is 0. The molecule has 0 bridgehead atoms. The van der Waals surface area contributed by atoms with Gasteiger partial charge >= 0.3 is 0 Å². The molecule has 1 aromatic rings. The van der Waals surface area contributed by atoms with Crippen LogP contribution in [0.2, 0.25) is 0 Å². The minimum Gasteiger partial charge on any atom is -0.206 e. The fourth-order valence-electron chi connectivity index (χ4n) is 1.02. The second-order valence-corrected chi connectivity index (χ2v) is 2.61. The molecule has 1 aromatic carbocycles. The van der Waals surface area contributed by atoms with Crippen LogP contribution in [0.4, 0.5) is 8.78 Å². The van der Waals surface area contributed by atoms with Crippen molar-refractivity contribution in [1.82, 2.24) is 0 Å². The van der Waals surface area contributed by atoms with Crippen LogP contribution in [0.3, 0.4) is 0 Å². The van der Waals surface area contributed by atoms with Crippen LogP contribution in [0.5, 0.6) is 0 Å². The van der Waals surface area contributed by atoms with E-state index in [0.29, 0.717) is 5.56 Å². The molecule has 0 heterocycles. The molecule has 1 nitrogen and oxygen atoms in total. The van der Waals surface area contributed by atoms with E-state index in [9.17, 15) is 8.78 Å². The molecule has 62 valence electrons. The number of hydrogen-bond acceptors (Lipinski definition) is 1. The van der Waals surface area contributed by atoms with E-state index in [-0.39, 0.29) is 11.1 Å². The van der Waals surface area contributed by atoms with Crippen LogP contribution < -0.4 is 0 Å². The summed E-state index contributed by atoms with van der Waals surface area (Å²) in [6.45, 7) is 2.82. The molecule has 3 heteroatoms. The first-order valence-corrected chi connectivity index (χ1v) is 3.43. The van der Waals surface area contributed by atoms with Crippen molar-refractivity contribution in [3.63, 3.8) is 0 Å². The lowest BCUT2D eigenvalue weighted by atomic mass is 10.1. The molecule has 0 spiro atoms. The molecular formula is C9H7F2N. The molecule has 0 atom stereocenters. The highest BCUT2D eigenvalue weighted by Gasteiger charge is 2.11. The Morgan fingerprint density at radius 2 is 1.83 bits per heavy atom. The van der Waals surface area contributed by atoms with Gasteiger partial charge in [-0.05, 0) is 25.5 Å². The van der Waals surface area contributed by atoms with Crippen molar-refractivity contribution >= 4 is 0 Å². The first-order chi connectivity index (χ1) is 5.57. The van der Waals surface area contributed by atoms with E-state index in [2.05, 4.69) is 0 Å². The van der Waals surface area contributed by atoms with Crippen LogP contribution in [-0.4, -0.2) is 0 Å². The van der Waals surface area contributed by atoms with Crippen LogP contribution in [0.15, 0.2) is 6.07 Å². The van der Waals surface area contributed by atoms with Crippen LogP contribution in [0.25, 0.3) is 0 Å². The third kappa shape index (κ3) is 1.16. The largest absolute Gasteiger partial charge is 0.206 e. The lowest BCUT2D eigenvalue weighted by Gasteiger charge is -2.03. The quantitative estimate of drug-likeness (QED) is 0.582. The SMILES string of the molecule is Cc1cc(C#N)c(F)c(C)c1F. The predicted molar refractivity (Wildman–Crippen MR) is 40.5 cm³/mol. The van der Waals surface area contributed by atoms with Crippen molar-refractivity contribution in [2.75, 3.05) is 0 Å². The van der Waals surface area contributed by atoms with Gasteiger partial charge in [0.15, 0.2) is 0 Å². The lowest BCUT2D eigenvalue weighted by Crippen LogP contribution is -1.96. The number of nitrogens with zero attached hydrogens (tertiary/aromatic N) is 1. The predicted octanol–water partition coefficient (Wildman–Crippen LogP) is 2.45. The van der Waals surface area contributed by atoms with Crippen molar-refractivity contribution in [3.8, 4) is 6.07 Å².